The van der Waals surface area contributed by atoms with E-state index in [0.717, 1.165) is 0 Å². The smallest absolute Gasteiger partial charge is 0.303 e. The molecule has 0 bridgehead atoms. The fourth-order valence-corrected chi connectivity index (χ4v) is 0.230. The van der Waals surface area contributed by atoms with Crippen LogP contribution >= 0.6 is 0 Å². The summed E-state index contributed by atoms with van der Waals surface area (Å²) >= 11 is 0. The van der Waals surface area contributed by atoms with Gasteiger partial charge in [0.15, 0.2) is 0 Å². The number of rotatable bonds is 3. The molecule has 9 heavy (non-hydrogen) atoms. The summed E-state index contributed by atoms with van der Waals surface area (Å²) < 4.78 is 0. The van der Waals surface area contributed by atoms with Crippen LogP contribution in [0.4, 0.5) is 0 Å². The molecule has 0 radical (unpaired) electrons. The van der Waals surface area contributed by atoms with Crippen molar-refractivity contribution < 1.29 is 14.7 Å². The van der Waals surface area contributed by atoms with E-state index in [1.807, 2.05) is 0 Å². The second-order valence-corrected chi connectivity index (χ2v) is 1.36. The summed E-state index contributed by atoms with van der Waals surface area (Å²) in [5.74, 6) is -1.57. The first-order valence-corrected chi connectivity index (χ1v) is 2.13. The van der Waals surface area contributed by atoms with Crippen molar-refractivity contribution in [2.45, 2.75) is 12.8 Å². The van der Waals surface area contributed by atoms with Gasteiger partial charge in [0, 0.05) is 6.42 Å². The molecule has 0 aromatic rings. The Bertz CT molecular complexity index is 100. The van der Waals surface area contributed by atoms with Crippen molar-refractivity contribution in [2.24, 2.45) is 5.73 Å². The summed E-state index contributed by atoms with van der Waals surface area (Å²) in [6, 6.07) is 0. The Kier molecular flexibility index (Phi) is 6.23. The van der Waals surface area contributed by atoms with Crippen LogP contribution in [0, 0.1) is 0 Å². The van der Waals surface area contributed by atoms with Gasteiger partial charge in [0.2, 0.25) is 5.91 Å². The van der Waals surface area contributed by atoms with Gasteiger partial charge in [-0.15, -0.1) is 0 Å². The first-order chi connectivity index (χ1) is 3.63. The van der Waals surface area contributed by atoms with E-state index >= 15 is 0 Å². The van der Waals surface area contributed by atoms with Crippen molar-refractivity contribution in [1.82, 2.24) is 0 Å². The molecular formula is C4H10BNO3. The van der Waals surface area contributed by atoms with E-state index in [0.29, 0.717) is 0 Å². The highest BCUT2D eigenvalue weighted by Gasteiger charge is 1.98. The monoisotopic (exact) mass is 131 g/mol. The van der Waals surface area contributed by atoms with Gasteiger partial charge < -0.3 is 10.8 Å². The van der Waals surface area contributed by atoms with Gasteiger partial charge in [-0.1, -0.05) is 0 Å². The van der Waals surface area contributed by atoms with Crippen molar-refractivity contribution in [1.29, 1.82) is 0 Å². The molecule has 0 unspecified atom stereocenters. The minimum absolute atomic E-state index is 0. The SMILES string of the molecule is B.NC(=O)CCC(=O)O. The molecule has 0 spiro atoms. The fraction of sp³-hybridized carbons (Fsp3) is 0.500. The molecule has 0 saturated carbocycles. The van der Waals surface area contributed by atoms with Gasteiger partial charge in [0.05, 0.1) is 14.8 Å². The maximum Gasteiger partial charge on any atom is 0.303 e. The molecule has 0 aliphatic heterocycles. The number of aliphatic carboxylic acids is 1. The molecule has 0 atom stereocenters. The number of carboxylic acids is 1. The van der Waals surface area contributed by atoms with Crippen LogP contribution in [0.5, 0.6) is 0 Å². The van der Waals surface area contributed by atoms with E-state index in [1.54, 1.807) is 0 Å². The molecule has 3 N–H and O–H groups in total. The van der Waals surface area contributed by atoms with E-state index in [1.165, 1.54) is 0 Å². The van der Waals surface area contributed by atoms with Gasteiger partial charge in [-0.2, -0.15) is 0 Å². The van der Waals surface area contributed by atoms with Gasteiger partial charge in [-0.05, 0) is 0 Å². The van der Waals surface area contributed by atoms with Gasteiger partial charge >= 0.3 is 5.97 Å². The lowest BCUT2D eigenvalue weighted by molar-refractivity contribution is -0.138. The molecule has 52 valence electrons. The first-order valence-electron chi connectivity index (χ1n) is 2.13. The van der Waals surface area contributed by atoms with Crippen LogP contribution in [-0.4, -0.2) is 25.4 Å². The average Bonchev–Trinajstić information content (AvgIpc) is 1.61. The highest BCUT2D eigenvalue weighted by Crippen LogP contribution is 1.84. The number of hydrogen-bond acceptors (Lipinski definition) is 2. The Hall–Kier alpha value is -0.995. The van der Waals surface area contributed by atoms with Gasteiger partial charge in [0.1, 0.15) is 0 Å². The number of carboxylic acid groups (broad SMARTS) is 1. The molecule has 4 nitrogen and oxygen atoms in total. The number of primary amides is 1. The van der Waals surface area contributed by atoms with Crippen LogP contribution in [-0.2, 0) is 9.59 Å². The third-order valence-electron chi connectivity index (χ3n) is 0.585. The van der Waals surface area contributed by atoms with E-state index in [9.17, 15) is 9.59 Å². The molecule has 0 heterocycles. The minimum Gasteiger partial charge on any atom is -0.481 e. The van der Waals surface area contributed by atoms with Gasteiger partial charge in [-0.3, -0.25) is 9.59 Å². The molecule has 0 aliphatic rings. The van der Waals surface area contributed by atoms with Gasteiger partial charge in [-0.25, -0.2) is 0 Å². The second-order valence-electron chi connectivity index (χ2n) is 1.36. The average molecular weight is 131 g/mol. The van der Waals surface area contributed by atoms with Crippen LogP contribution in [0.15, 0.2) is 0 Å². The number of hydrogen-bond donors (Lipinski definition) is 2. The Morgan fingerprint density at radius 1 is 1.33 bits per heavy atom. The molecule has 5 heteroatoms. The van der Waals surface area contributed by atoms with Crippen LogP contribution in [0.1, 0.15) is 12.8 Å². The molecule has 0 saturated heterocycles. The number of amides is 1. The zero-order valence-corrected chi connectivity index (χ0v) is 4.26. The highest BCUT2D eigenvalue weighted by atomic mass is 16.4. The Morgan fingerprint density at radius 2 is 1.78 bits per heavy atom. The quantitative estimate of drug-likeness (QED) is 0.441. The Morgan fingerprint density at radius 3 is 1.89 bits per heavy atom. The first kappa shape index (κ1) is 10.9. The third-order valence-corrected chi connectivity index (χ3v) is 0.585. The molecule has 0 rings (SSSR count). The highest BCUT2D eigenvalue weighted by molar-refractivity contribution is 5.79. The lowest BCUT2D eigenvalue weighted by atomic mass is 10.3. The van der Waals surface area contributed by atoms with Crippen molar-refractivity contribution >= 4 is 20.3 Å². The molecule has 0 fully saturated rings. The summed E-state index contributed by atoms with van der Waals surface area (Å²) in [6.45, 7) is 0. The Balaban J connectivity index is 0. The zero-order chi connectivity index (χ0) is 6.57. The maximum absolute atomic E-state index is 9.86. The van der Waals surface area contributed by atoms with Crippen LogP contribution < -0.4 is 5.73 Å². The molecular weight excluding hydrogens is 121 g/mol. The summed E-state index contributed by atoms with van der Waals surface area (Å²) in [5.41, 5.74) is 4.64. The second kappa shape index (κ2) is 5.15. The molecule has 1 amide bonds. The number of carbonyl (C=O) groups excluding carboxylic acids is 1. The lowest BCUT2D eigenvalue weighted by Crippen LogP contribution is -2.12. The molecule has 0 aromatic heterocycles. The van der Waals surface area contributed by atoms with Gasteiger partial charge in [0.25, 0.3) is 0 Å². The summed E-state index contributed by atoms with van der Waals surface area (Å²) in [6.07, 6.45) is -0.245. The van der Waals surface area contributed by atoms with Crippen molar-refractivity contribution in [2.75, 3.05) is 0 Å². The predicted octanol–water partition coefficient (Wildman–Crippen LogP) is -1.85. The van der Waals surface area contributed by atoms with Crippen LogP contribution in [0.3, 0.4) is 0 Å². The van der Waals surface area contributed by atoms with Crippen LogP contribution in [0.25, 0.3) is 0 Å². The maximum atomic E-state index is 9.86. The van der Waals surface area contributed by atoms with E-state index < -0.39 is 11.9 Å². The van der Waals surface area contributed by atoms with E-state index in [4.69, 9.17) is 5.11 Å². The summed E-state index contributed by atoms with van der Waals surface area (Å²) in [5, 5.41) is 7.95. The van der Waals surface area contributed by atoms with Crippen molar-refractivity contribution in [3.63, 3.8) is 0 Å². The number of carbonyl (C=O) groups is 2. The zero-order valence-electron chi connectivity index (χ0n) is 4.26. The fourth-order valence-electron chi connectivity index (χ4n) is 0.230. The van der Waals surface area contributed by atoms with E-state index in [-0.39, 0.29) is 21.3 Å². The van der Waals surface area contributed by atoms with Crippen molar-refractivity contribution in [3.8, 4) is 0 Å². The predicted molar refractivity (Wildman–Crippen MR) is 36.0 cm³/mol. The number of nitrogens with two attached hydrogens (primary N) is 1. The van der Waals surface area contributed by atoms with Crippen LogP contribution in [0.2, 0.25) is 0 Å². The summed E-state index contributed by atoms with van der Waals surface area (Å²) in [4.78, 5) is 19.6. The Labute approximate surface area is 54.6 Å². The third kappa shape index (κ3) is 10.9. The topological polar surface area (TPSA) is 80.4 Å². The normalized spacial score (nSPS) is 7.56. The standard InChI is InChI=1S/C4H7NO3.BH3/c5-3(6)1-2-4(7)8;/h1-2H2,(H2,5,6)(H,7,8);1H3. The summed E-state index contributed by atoms with van der Waals surface area (Å²) in [7, 11) is 0. The molecule has 0 aromatic carbocycles. The lowest BCUT2D eigenvalue weighted by Gasteiger charge is -1.86. The van der Waals surface area contributed by atoms with E-state index in [2.05, 4.69) is 5.73 Å². The molecule has 0 aliphatic carbocycles. The van der Waals surface area contributed by atoms with Crippen molar-refractivity contribution in [3.05, 3.63) is 0 Å². The largest absolute Gasteiger partial charge is 0.481 e. The minimum atomic E-state index is -0.996.